The van der Waals surface area contributed by atoms with Crippen molar-refractivity contribution in [3.05, 3.63) is 11.6 Å². The number of rotatable bonds is 2. The molecule has 0 saturated carbocycles. The maximum Gasteiger partial charge on any atom is 0.161 e. The summed E-state index contributed by atoms with van der Waals surface area (Å²) in [4.78, 5) is 0. The predicted molar refractivity (Wildman–Crippen MR) is 63.5 cm³/mol. The summed E-state index contributed by atoms with van der Waals surface area (Å²) < 4.78 is 2.14. The Bertz CT molecular complexity index is 384. The fraction of sp³-hybridized carbons (Fsp3) is 0.833. The summed E-state index contributed by atoms with van der Waals surface area (Å²) in [5.74, 6) is 2.58. The molecule has 0 aromatic carbocycles. The number of hydrogen-bond acceptors (Lipinski definition) is 4. The molecule has 0 spiro atoms. The van der Waals surface area contributed by atoms with Crippen LogP contribution in [-0.2, 0) is 13.0 Å². The Hall–Kier alpha value is -0.940. The van der Waals surface area contributed by atoms with E-state index in [1.807, 2.05) is 0 Å². The van der Waals surface area contributed by atoms with Crippen LogP contribution in [0, 0.1) is 5.92 Å². The van der Waals surface area contributed by atoms with Gasteiger partial charge in [0.2, 0.25) is 0 Å². The van der Waals surface area contributed by atoms with Crippen LogP contribution in [-0.4, -0.2) is 33.0 Å². The number of aliphatic hydroxyl groups is 1. The molecule has 94 valence electrons. The third-order valence-corrected chi connectivity index (χ3v) is 3.94. The van der Waals surface area contributed by atoms with Gasteiger partial charge in [0.25, 0.3) is 0 Å². The topological polar surface area (TPSA) is 63.0 Å². The Kier molecular flexibility index (Phi) is 3.11. The Morgan fingerprint density at radius 2 is 2.06 bits per heavy atom. The molecule has 2 aliphatic rings. The minimum Gasteiger partial charge on any atom is -0.385 e. The second-order valence-corrected chi connectivity index (χ2v) is 5.18. The van der Waals surface area contributed by atoms with Gasteiger partial charge < -0.3 is 15.0 Å². The summed E-state index contributed by atoms with van der Waals surface area (Å²) in [7, 11) is 0. The highest BCUT2D eigenvalue weighted by Gasteiger charge is 2.25. The van der Waals surface area contributed by atoms with Gasteiger partial charge in [-0.3, -0.25) is 0 Å². The molecule has 3 heterocycles. The highest BCUT2D eigenvalue weighted by Crippen LogP contribution is 2.25. The smallest absolute Gasteiger partial charge is 0.161 e. The van der Waals surface area contributed by atoms with Gasteiger partial charge in [-0.25, -0.2) is 0 Å². The van der Waals surface area contributed by atoms with Crippen molar-refractivity contribution in [2.75, 3.05) is 13.1 Å². The Morgan fingerprint density at radius 1 is 1.24 bits per heavy atom. The average Bonchev–Trinajstić information content (AvgIpc) is 2.76. The van der Waals surface area contributed by atoms with E-state index in [0.717, 1.165) is 56.5 Å². The second kappa shape index (κ2) is 4.74. The third-order valence-electron chi connectivity index (χ3n) is 3.94. The van der Waals surface area contributed by atoms with E-state index >= 15 is 0 Å². The predicted octanol–water partition coefficient (Wildman–Crippen LogP) is 0.647. The maximum absolute atomic E-state index is 9.85. The largest absolute Gasteiger partial charge is 0.385 e. The van der Waals surface area contributed by atoms with Crippen LogP contribution < -0.4 is 5.32 Å². The van der Waals surface area contributed by atoms with E-state index in [4.69, 9.17) is 0 Å². The second-order valence-electron chi connectivity index (χ2n) is 5.18. The van der Waals surface area contributed by atoms with E-state index < -0.39 is 6.10 Å². The summed E-state index contributed by atoms with van der Waals surface area (Å²) >= 11 is 0. The van der Waals surface area contributed by atoms with Gasteiger partial charge in [-0.15, -0.1) is 10.2 Å². The standard InChI is InChI=1S/C12H20N4O/c17-10-2-1-7-16-11(14-15-12(10)16)8-9-3-5-13-6-4-9/h9-10,13,17H,1-8H2. The molecule has 1 fully saturated rings. The molecule has 17 heavy (non-hydrogen) atoms. The maximum atomic E-state index is 9.85. The van der Waals surface area contributed by atoms with Crippen LogP contribution in [0.1, 0.15) is 43.4 Å². The summed E-state index contributed by atoms with van der Waals surface area (Å²) in [6.45, 7) is 3.21. The average molecular weight is 236 g/mol. The zero-order valence-electron chi connectivity index (χ0n) is 10.1. The van der Waals surface area contributed by atoms with E-state index in [-0.39, 0.29) is 0 Å². The minimum absolute atomic E-state index is 0.405. The summed E-state index contributed by atoms with van der Waals surface area (Å²) in [5, 5.41) is 21.7. The zero-order valence-corrected chi connectivity index (χ0v) is 10.1. The first-order valence-electron chi connectivity index (χ1n) is 6.65. The monoisotopic (exact) mass is 236 g/mol. The molecule has 3 rings (SSSR count). The lowest BCUT2D eigenvalue weighted by molar-refractivity contribution is 0.132. The van der Waals surface area contributed by atoms with Crippen molar-refractivity contribution < 1.29 is 5.11 Å². The minimum atomic E-state index is -0.405. The van der Waals surface area contributed by atoms with E-state index in [0.29, 0.717) is 0 Å². The van der Waals surface area contributed by atoms with Crippen molar-refractivity contribution in [1.29, 1.82) is 0 Å². The van der Waals surface area contributed by atoms with Crippen molar-refractivity contribution in [2.45, 2.75) is 44.8 Å². The van der Waals surface area contributed by atoms with E-state index in [2.05, 4.69) is 20.1 Å². The van der Waals surface area contributed by atoms with Crippen molar-refractivity contribution in [1.82, 2.24) is 20.1 Å². The van der Waals surface area contributed by atoms with Gasteiger partial charge in [-0.05, 0) is 44.7 Å². The SMILES string of the molecule is OC1CCCn2c(CC3CCNCC3)nnc21. The first-order valence-corrected chi connectivity index (χ1v) is 6.65. The first-order chi connectivity index (χ1) is 8.34. The molecule has 2 N–H and O–H groups in total. The highest BCUT2D eigenvalue weighted by atomic mass is 16.3. The van der Waals surface area contributed by atoms with Crippen LogP contribution in [0.2, 0.25) is 0 Å². The van der Waals surface area contributed by atoms with E-state index in [1.54, 1.807) is 0 Å². The fourth-order valence-corrected chi connectivity index (χ4v) is 2.91. The lowest BCUT2D eigenvalue weighted by Crippen LogP contribution is -2.29. The van der Waals surface area contributed by atoms with Crippen molar-refractivity contribution in [3.63, 3.8) is 0 Å². The number of aromatic nitrogens is 3. The third kappa shape index (κ3) is 2.21. The van der Waals surface area contributed by atoms with Crippen molar-refractivity contribution in [2.24, 2.45) is 5.92 Å². The van der Waals surface area contributed by atoms with Gasteiger partial charge in [-0.2, -0.15) is 0 Å². The molecule has 2 aliphatic heterocycles. The first kappa shape index (κ1) is 11.2. The zero-order chi connectivity index (χ0) is 11.7. The molecule has 1 aromatic heterocycles. The van der Waals surface area contributed by atoms with Gasteiger partial charge in [0.05, 0.1) is 0 Å². The highest BCUT2D eigenvalue weighted by molar-refractivity contribution is 5.03. The molecule has 5 heteroatoms. The van der Waals surface area contributed by atoms with E-state index in [9.17, 15) is 5.11 Å². The molecule has 5 nitrogen and oxygen atoms in total. The van der Waals surface area contributed by atoms with Crippen molar-refractivity contribution in [3.8, 4) is 0 Å². The summed E-state index contributed by atoms with van der Waals surface area (Å²) in [6.07, 6.45) is 4.92. The van der Waals surface area contributed by atoms with Gasteiger partial charge in [-0.1, -0.05) is 0 Å². The van der Waals surface area contributed by atoms with Crippen molar-refractivity contribution >= 4 is 0 Å². The molecule has 1 unspecified atom stereocenters. The molecular weight excluding hydrogens is 216 g/mol. The van der Waals surface area contributed by atoms with Crippen LogP contribution in [0.5, 0.6) is 0 Å². The molecular formula is C12H20N4O. The number of aliphatic hydroxyl groups excluding tert-OH is 1. The Balaban J connectivity index is 1.74. The van der Waals surface area contributed by atoms with Crippen LogP contribution in [0.15, 0.2) is 0 Å². The molecule has 0 bridgehead atoms. The van der Waals surface area contributed by atoms with Gasteiger partial charge in [0.1, 0.15) is 11.9 Å². The normalized spacial score (nSPS) is 25.8. The van der Waals surface area contributed by atoms with Crippen LogP contribution in [0.4, 0.5) is 0 Å². The molecule has 1 aromatic rings. The van der Waals surface area contributed by atoms with E-state index in [1.165, 1.54) is 12.8 Å². The van der Waals surface area contributed by atoms with Crippen LogP contribution in [0.3, 0.4) is 0 Å². The number of fused-ring (bicyclic) bond motifs is 1. The summed E-state index contributed by atoms with van der Waals surface area (Å²) in [6, 6.07) is 0. The van der Waals surface area contributed by atoms with Gasteiger partial charge in [0.15, 0.2) is 5.82 Å². The number of nitrogens with one attached hydrogen (secondary N) is 1. The molecule has 0 amide bonds. The fourth-order valence-electron chi connectivity index (χ4n) is 2.91. The number of hydrogen-bond donors (Lipinski definition) is 2. The quantitative estimate of drug-likeness (QED) is 0.791. The molecule has 0 aliphatic carbocycles. The summed E-state index contributed by atoms with van der Waals surface area (Å²) in [5.41, 5.74) is 0. The van der Waals surface area contributed by atoms with Crippen LogP contribution >= 0.6 is 0 Å². The lowest BCUT2D eigenvalue weighted by atomic mass is 9.94. The lowest BCUT2D eigenvalue weighted by Gasteiger charge is -2.24. The number of piperidine rings is 1. The Labute approximate surface area is 101 Å². The van der Waals surface area contributed by atoms with Gasteiger partial charge in [0, 0.05) is 13.0 Å². The molecule has 1 saturated heterocycles. The van der Waals surface area contributed by atoms with Gasteiger partial charge >= 0.3 is 0 Å². The number of nitrogens with zero attached hydrogens (tertiary/aromatic N) is 3. The van der Waals surface area contributed by atoms with Crippen LogP contribution in [0.25, 0.3) is 0 Å². The Morgan fingerprint density at radius 3 is 2.88 bits per heavy atom. The molecule has 1 atom stereocenters. The molecule has 0 radical (unpaired) electrons.